The summed E-state index contributed by atoms with van der Waals surface area (Å²) in [5.41, 5.74) is 0.761. The molecule has 0 radical (unpaired) electrons. The molecule has 0 atom stereocenters. The Morgan fingerprint density at radius 1 is 1.46 bits per heavy atom. The Morgan fingerprint density at radius 2 is 2.23 bits per heavy atom. The molecule has 1 aromatic carbocycles. The third-order valence-corrected chi connectivity index (χ3v) is 2.55. The quantitative estimate of drug-likeness (QED) is 0.689. The van der Waals surface area contributed by atoms with Crippen LogP contribution in [0.1, 0.15) is 0 Å². The second-order valence-corrected chi connectivity index (χ2v) is 4.07. The van der Waals surface area contributed by atoms with Gasteiger partial charge in [-0.25, -0.2) is 4.98 Å². The summed E-state index contributed by atoms with van der Waals surface area (Å²) in [5.74, 6) is 0. The number of aryl methyl sites for hydroxylation is 1. The fourth-order valence-electron chi connectivity index (χ4n) is 1.18. The van der Waals surface area contributed by atoms with Gasteiger partial charge in [-0.15, -0.1) is 0 Å². The minimum Gasteiger partial charge on any atom is -0.302 e. The van der Waals surface area contributed by atoms with Gasteiger partial charge in [-0.3, -0.25) is 4.79 Å². The number of fused-ring (bicyclic) bond motifs is 1. The van der Waals surface area contributed by atoms with Gasteiger partial charge in [0.25, 0.3) is 5.56 Å². The molecule has 0 saturated carbocycles. The average molecular weight is 286 g/mol. The molecule has 2 aromatic rings. The van der Waals surface area contributed by atoms with E-state index < -0.39 is 0 Å². The second-order valence-electron chi connectivity index (χ2n) is 2.82. The summed E-state index contributed by atoms with van der Waals surface area (Å²) < 4.78 is 2.57. The molecule has 0 amide bonds. The Bertz CT molecular complexity index is 518. The standard InChI is InChI=1S/C9H7IN2O/c1-12-5-11-8-4-6(10)2-3-7(8)9(12)13/h2-5H,1H3. The highest BCUT2D eigenvalue weighted by Gasteiger charge is 2.00. The zero-order chi connectivity index (χ0) is 9.42. The number of rotatable bonds is 0. The number of nitrogens with zero attached hydrogens (tertiary/aromatic N) is 2. The van der Waals surface area contributed by atoms with Crippen molar-refractivity contribution < 1.29 is 0 Å². The Hall–Kier alpha value is -0.910. The zero-order valence-corrected chi connectivity index (χ0v) is 9.15. The van der Waals surface area contributed by atoms with E-state index in [2.05, 4.69) is 27.6 Å². The smallest absolute Gasteiger partial charge is 0.260 e. The maximum Gasteiger partial charge on any atom is 0.260 e. The topological polar surface area (TPSA) is 34.9 Å². The minimum absolute atomic E-state index is 0.00130. The molecule has 0 aliphatic rings. The van der Waals surface area contributed by atoms with Crippen molar-refractivity contribution in [2.45, 2.75) is 0 Å². The normalized spacial score (nSPS) is 10.6. The van der Waals surface area contributed by atoms with Crippen molar-refractivity contribution in [1.82, 2.24) is 9.55 Å². The highest BCUT2D eigenvalue weighted by Crippen LogP contribution is 2.11. The SMILES string of the molecule is Cn1cnc2cc(I)ccc2c1=O. The summed E-state index contributed by atoms with van der Waals surface area (Å²) >= 11 is 2.20. The molecular weight excluding hydrogens is 279 g/mol. The highest BCUT2D eigenvalue weighted by molar-refractivity contribution is 14.1. The van der Waals surface area contributed by atoms with Crippen LogP contribution in [-0.2, 0) is 7.05 Å². The van der Waals surface area contributed by atoms with Gasteiger partial charge < -0.3 is 4.57 Å². The van der Waals surface area contributed by atoms with Crippen molar-refractivity contribution in [1.29, 1.82) is 0 Å². The molecule has 0 saturated heterocycles. The molecule has 1 aromatic heterocycles. The maximum absolute atomic E-state index is 11.6. The van der Waals surface area contributed by atoms with Crippen LogP contribution in [-0.4, -0.2) is 9.55 Å². The predicted octanol–water partition coefficient (Wildman–Crippen LogP) is 1.54. The van der Waals surface area contributed by atoms with Crippen LogP contribution in [0.4, 0.5) is 0 Å². The van der Waals surface area contributed by atoms with Crippen LogP contribution in [0.5, 0.6) is 0 Å². The Labute approximate surface area is 88.6 Å². The van der Waals surface area contributed by atoms with Crippen LogP contribution in [0.15, 0.2) is 29.3 Å². The van der Waals surface area contributed by atoms with E-state index in [0.717, 1.165) is 9.09 Å². The van der Waals surface area contributed by atoms with Gasteiger partial charge >= 0.3 is 0 Å². The van der Waals surface area contributed by atoms with Crippen molar-refractivity contribution in [3.63, 3.8) is 0 Å². The zero-order valence-electron chi connectivity index (χ0n) is 6.99. The molecule has 13 heavy (non-hydrogen) atoms. The fraction of sp³-hybridized carbons (Fsp3) is 0.111. The first-order valence-electron chi connectivity index (χ1n) is 3.79. The first-order valence-corrected chi connectivity index (χ1v) is 4.87. The second kappa shape index (κ2) is 3.10. The van der Waals surface area contributed by atoms with E-state index in [-0.39, 0.29) is 5.56 Å². The number of hydrogen-bond acceptors (Lipinski definition) is 2. The summed E-state index contributed by atoms with van der Waals surface area (Å²) in [4.78, 5) is 15.7. The van der Waals surface area contributed by atoms with Crippen molar-refractivity contribution in [3.8, 4) is 0 Å². The molecule has 0 aliphatic heterocycles. The monoisotopic (exact) mass is 286 g/mol. The molecule has 0 N–H and O–H groups in total. The predicted molar refractivity (Wildman–Crippen MR) is 59.7 cm³/mol. The summed E-state index contributed by atoms with van der Waals surface area (Å²) in [7, 11) is 1.70. The van der Waals surface area contributed by atoms with Crippen molar-refractivity contribution in [2.24, 2.45) is 7.05 Å². The number of benzene rings is 1. The van der Waals surface area contributed by atoms with Crippen molar-refractivity contribution in [2.75, 3.05) is 0 Å². The van der Waals surface area contributed by atoms with E-state index >= 15 is 0 Å². The molecule has 3 nitrogen and oxygen atoms in total. The molecule has 0 spiro atoms. The summed E-state index contributed by atoms with van der Waals surface area (Å²) in [5, 5.41) is 0.672. The average Bonchev–Trinajstić information content (AvgIpc) is 2.12. The molecule has 0 unspecified atom stereocenters. The van der Waals surface area contributed by atoms with Gasteiger partial charge in [-0.1, -0.05) is 0 Å². The van der Waals surface area contributed by atoms with E-state index in [4.69, 9.17) is 0 Å². The van der Waals surface area contributed by atoms with Gasteiger partial charge in [0, 0.05) is 10.6 Å². The van der Waals surface area contributed by atoms with Crippen molar-refractivity contribution in [3.05, 3.63) is 38.5 Å². The van der Waals surface area contributed by atoms with E-state index in [0.29, 0.717) is 5.39 Å². The number of hydrogen-bond donors (Lipinski definition) is 0. The Balaban J connectivity index is 2.95. The lowest BCUT2D eigenvalue weighted by Crippen LogP contribution is -2.16. The highest BCUT2D eigenvalue weighted by atomic mass is 127. The lowest BCUT2D eigenvalue weighted by Gasteiger charge is -1.99. The number of aromatic nitrogens is 2. The van der Waals surface area contributed by atoms with E-state index in [9.17, 15) is 4.79 Å². The third kappa shape index (κ3) is 1.46. The van der Waals surface area contributed by atoms with Gasteiger partial charge in [0.2, 0.25) is 0 Å². The first-order chi connectivity index (χ1) is 6.18. The van der Waals surface area contributed by atoms with Crippen LogP contribution in [0.2, 0.25) is 0 Å². The third-order valence-electron chi connectivity index (χ3n) is 1.88. The molecule has 2 rings (SSSR count). The van der Waals surface area contributed by atoms with Crippen molar-refractivity contribution >= 4 is 33.5 Å². The van der Waals surface area contributed by atoms with Crippen LogP contribution < -0.4 is 5.56 Å². The Kier molecular flexibility index (Phi) is 2.07. The van der Waals surface area contributed by atoms with Gasteiger partial charge in [0.15, 0.2) is 0 Å². The lowest BCUT2D eigenvalue weighted by molar-refractivity contribution is 0.843. The summed E-state index contributed by atoms with van der Waals surface area (Å²) in [6.45, 7) is 0. The van der Waals surface area contributed by atoms with Crippen LogP contribution in [0.25, 0.3) is 10.9 Å². The molecule has 4 heteroatoms. The van der Waals surface area contributed by atoms with E-state index in [1.54, 1.807) is 13.4 Å². The van der Waals surface area contributed by atoms with Gasteiger partial charge in [0.1, 0.15) is 0 Å². The van der Waals surface area contributed by atoms with E-state index in [1.807, 2.05) is 18.2 Å². The molecule has 66 valence electrons. The lowest BCUT2D eigenvalue weighted by atomic mass is 10.2. The van der Waals surface area contributed by atoms with Gasteiger partial charge in [0.05, 0.1) is 17.2 Å². The minimum atomic E-state index is 0.00130. The van der Waals surface area contributed by atoms with Crippen LogP contribution in [0.3, 0.4) is 0 Å². The molecular formula is C9H7IN2O. The fourth-order valence-corrected chi connectivity index (χ4v) is 1.66. The molecule has 1 heterocycles. The summed E-state index contributed by atoms with van der Waals surface area (Å²) in [6.07, 6.45) is 1.54. The molecule has 0 aliphatic carbocycles. The number of halogens is 1. The van der Waals surface area contributed by atoms with Gasteiger partial charge in [-0.05, 0) is 40.8 Å². The van der Waals surface area contributed by atoms with E-state index in [1.165, 1.54) is 4.57 Å². The van der Waals surface area contributed by atoms with Crippen LogP contribution in [0, 0.1) is 3.57 Å². The molecule has 0 bridgehead atoms. The van der Waals surface area contributed by atoms with Crippen LogP contribution >= 0.6 is 22.6 Å². The summed E-state index contributed by atoms with van der Waals surface area (Å²) in [6, 6.07) is 5.62. The maximum atomic E-state index is 11.6. The Morgan fingerprint density at radius 3 is 3.00 bits per heavy atom. The first kappa shape index (κ1) is 8.68. The largest absolute Gasteiger partial charge is 0.302 e. The molecule has 0 fully saturated rings. The van der Waals surface area contributed by atoms with Gasteiger partial charge in [-0.2, -0.15) is 0 Å².